The van der Waals surface area contributed by atoms with Gasteiger partial charge in [-0.05, 0) is 0 Å². The molecule has 1 saturated heterocycles. The highest BCUT2D eigenvalue weighted by Gasteiger charge is 2.29. The number of morpholine rings is 1. The number of nitrogens with zero attached hydrogens (tertiary/aromatic N) is 3. The van der Waals surface area contributed by atoms with Gasteiger partial charge in [-0.2, -0.15) is 0 Å². The van der Waals surface area contributed by atoms with Gasteiger partial charge in [0.25, 0.3) is 5.91 Å². The molecular weight excluding hydrogens is 326 g/mol. The number of aromatic nitrogens is 3. The van der Waals surface area contributed by atoms with Crippen molar-refractivity contribution in [2.75, 3.05) is 19.7 Å². The standard InChI is InChI=1S/C16H21N5O4/c1-3-12-6-13(20-25-12)16(23)21-4-5-24-14(9-21)15-18-8-11(19-15)7-17-10(2)22/h6,8,14H,3-5,7,9H2,1-2H3,(H,17,22)(H,18,19). The minimum Gasteiger partial charge on any atom is -0.367 e. The van der Waals surface area contributed by atoms with E-state index in [1.54, 1.807) is 17.2 Å². The second-order valence-electron chi connectivity index (χ2n) is 5.85. The molecule has 9 heteroatoms. The fourth-order valence-corrected chi connectivity index (χ4v) is 2.59. The molecule has 0 radical (unpaired) electrons. The van der Waals surface area contributed by atoms with Gasteiger partial charge in [0.2, 0.25) is 5.91 Å². The Morgan fingerprint density at radius 3 is 3.04 bits per heavy atom. The minimum atomic E-state index is -0.346. The summed E-state index contributed by atoms with van der Waals surface area (Å²) in [6.45, 7) is 5.05. The lowest BCUT2D eigenvalue weighted by Crippen LogP contribution is -2.42. The number of hydrogen-bond acceptors (Lipinski definition) is 6. The zero-order valence-electron chi connectivity index (χ0n) is 14.2. The largest absolute Gasteiger partial charge is 0.367 e. The molecule has 1 fully saturated rings. The van der Waals surface area contributed by atoms with Crippen LogP contribution in [0.15, 0.2) is 16.8 Å². The lowest BCUT2D eigenvalue weighted by Gasteiger charge is -2.31. The number of H-pyrrole nitrogens is 1. The molecule has 2 aromatic rings. The maximum Gasteiger partial charge on any atom is 0.276 e. The number of nitrogens with one attached hydrogen (secondary N) is 2. The lowest BCUT2D eigenvalue weighted by molar-refractivity contribution is -0.119. The maximum atomic E-state index is 12.6. The number of carbonyl (C=O) groups excluding carboxylic acids is 2. The van der Waals surface area contributed by atoms with Crippen LogP contribution in [0.5, 0.6) is 0 Å². The topological polar surface area (TPSA) is 113 Å². The summed E-state index contributed by atoms with van der Waals surface area (Å²) in [5.74, 6) is 1.02. The molecular formula is C16H21N5O4. The van der Waals surface area contributed by atoms with Gasteiger partial charge in [-0.3, -0.25) is 9.59 Å². The zero-order valence-corrected chi connectivity index (χ0v) is 14.2. The minimum absolute atomic E-state index is 0.110. The van der Waals surface area contributed by atoms with Crippen LogP contribution in [-0.4, -0.2) is 51.5 Å². The molecule has 9 nitrogen and oxygen atoms in total. The molecule has 1 unspecified atom stereocenters. The van der Waals surface area contributed by atoms with Crippen molar-refractivity contribution in [2.45, 2.75) is 32.9 Å². The van der Waals surface area contributed by atoms with E-state index in [4.69, 9.17) is 9.26 Å². The number of hydrogen-bond donors (Lipinski definition) is 2. The third-order valence-electron chi connectivity index (χ3n) is 3.96. The van der Waals surface area contributed by atoms with Crippen LogP contribution < -0.4 is 5.32 Å². The Hall–Kier alpha value is -2.68. The van der Waals surface area contributed by atoms with Crippen LogP contribution in [0.2, 0.25) is 0 Å². The first kappa shape index (κ1) is 17.2. The van der Waals surface area contributed by atoms with Crippen LogP contribution in [0.25, 0.3) is 0 Å². The van der Waals surface area contributed by atoms with Crippen molar-refractivity contribution in [1.29, 1.82) is 0 Å². The normalized spacial score (nSPS) is 17.5. The first-order chi connectivity index (χ1) is 12.1. The average Bonchev–Trinajstić information content (AvgIpc) is 3.28. The van der Waals surface area contributed by atoms with Crippen molar-refractivity contribution >= 4 is 11.8 Å². The summed E-state index contributed by atoms with van der Waals surface area (Å²) in [7, 11) is 0. The number of carbonyl (C=O) groups is 2. The highest BCUT2D eigenvalue weighted by atomic mass is 16.5. The Balaban J connectivity index is 1.64. The summed E-state index contributed by atoms with van der Waals surface area (Å²) in [6.07, 6.45) is 2.00. The molecule has 2 aromatic heterocycles. The lowest BCUT2D eigenvalue weighted by atomic mass is 10.2. The van der Waals surface area contributed by atoms with E-state index in [0.717, 1.165) is 5.69 Å². The predicted octanol–water partition coefficient (Wildman–Crippen LogP) is 0.810. The van der Waals surface area contributed by atoms with Crippen LogP contribution >= 0.6 is 0 Å². The van der Waals surface area contributed by atoms with E-state index in [2.05, 4.69) is 20.4 Å². The van der Waals surface area contributed by atoms with Crippen molar-refractivity contribution < 1.29 is 18.8 Å². The van der Waals surface area contributed by atoms with Crippen LogP contribution in [0.1, 0.15) is 47.7 Å². The molecule has 0 bridgehead atoms. The van der Waals surface area contributed by atoms with E-state index in [0.29, 0.717) is 49.9 Å². The van der Waals surface area contributed by atoms with Gasteiger partial charge >= 0.3 is 0 Å². The highest BCUT2D eigenvalue weighted by molar-refractivity contribution is 5.92. The number of imidazole rings is 1. The highest BCUT2D eigenvalue weighted by Crippen LogP contribution is 2.21. The van der Waals surface area contributed by atoms with E-state index in [1.807, 2.05) is 6.92 Å². The summed E-state index contributed by atoms with van der Waals surface area (Å²) >= 11 is 0. The molecule has 1 aliphatic heterocycles. The third-order valence-corrected chi connectivity index (χ3v) is 3.96. The molecule has 25 heavy (non-hydrogen) atoms. The van der Waals surface area contributed by atoms with Crippen LogP contribution in [-0.2, 0) is 22.5 Å². The van der Waals surface area contributed by atoms with Crippen molar-refractivity contribution in [3.8, 4) is 0 Å². The van der Waals surface area contributed by atoms with Crippen LogP contribution in [0.3, 0.4) is 0 Å². The Labute approximate surface area is 144 Å². The second-order valence-corrected chi connectivity index (χ2v) is 5.85. The van der Waals surface area contributed by atoms with Crippen molar-refractivity contribution in [3.05, 3.63) is 35.2 Å². The Morgan fingerprint density at radius 2 is 2.32 bits per heavy atom. The molecule has 134 valence electrons. The molecule has 1 atom stereocenters. The molecule has 3 rings (SSSR count). The first-order valence-corrected chi connectivity index (χ1v) is 8.21. The van der Waals surface area contributed by atoms with Crippen molar-refractivity contribution in [2.24, 2.45) is 0 Å². The van der Waals surface area contributed by atoms with Gasteiger partial charge < -0.3 is 24.5 Å². The van der Waals surface area contributed by atoms with Gasteiger partial charge in [0, 0.05) is 26.0 Å². The van der Waals surface area contributed by atoms with Gasteiger partial charge in [-0.1, -0.05) is 12.1 Å². The average molecular weight is 347 g/mol. The summed E-state index contributed by atoms with van der Waals surface area (Å²) in [5, 5.41) is 6.53. The fraction of sp³-hybridized carbons (Fsp3) is 0.500. The molecule has 2 amide bonds. The van der Waals surface area contributed by atoms with Gasteiger partial charge in [0.15, 0.2) is 5.69 Å². The molecule has 1 aliphatic rings. The van der Waals surface area contributed by atoms with E-state index < -0.39 is 0 Å². The Morgan fingerprint density at radius 1 is 1.48 bits per heavy atom. The molecule has 0 saturated carbocycles. The number of amides is 2. The summed E-state index contributed by atoms with van der Waals surface area (Å²) < 4.78 is 10.8. The molecule has 0 spiro atoms. The number of aryl methyl sites for hydroxylation is 1. The van der Waals surface area contributed by atoms with E-state index >= 15 is 0 Å². The monoisotopic (exact) mass is 347 g/mol. The van der Waals surface area contributed by atoms with Crippen molar-refractivity contribution in [3.63, 3.8) is 0 Å². The molecule has 3 heterocycles. The summed E-state index contributed by atoms with van der Waals surface area (Å²) in [6, 6.07) is 1.67. The SMILES string of the molecule is CCc1cc(C(=O)N2CCOC(c3ncc(CNC(C)=O)[nH]3)C2)no1. The van der Waals surface area contributed by atoms with Crippen molar-refractivity contribution in [1.82, 2.24) is 25.3 Å². The Bertz CT molecular complexity index is 753. The number of ether oxygens (including phenoxy) is 1. The fourth-order valence-electron chi connectivity index (χ4n) is 2.59. The number of aromatic amines is 1. The van der Waals surface area contributed by atoms with E-state index in [1.165, 1.54) is 6.92 Å². The molecule has 0 aromatic carbocycles. The smallest absolute Gasteiger partial charge is 0.276 e. The van der Waals surface area contributed by atoms with Crippen LogP contribution in [0.4, 0.5) is 0 Å². The number of rotatable bonds is 5. The quantitative estimate of drug-likeness (QED) is 0.827. The van der Waals surface area contributed by atoms with E-state index in [9.17, 15) is 9.59 Å². The maximum absolute atomic E-state index is 12.6. The van der Waals surface area contributed by atoms with Gasteiger partial charge in [0.05, 0.1) is 31.6 Å². The third kappa shape index (κ3) is 4.05. The van der Waals surface area contributed by atoms with Crippen LogP contribution in [0, 0.1) is 0 Å². The predicted molar refractivity (Wildman–Crippen MR) is 86.6 cm³/mol. The van der Waals surface area contributed by atoms with Gasteiger partial charge in [0.1, 0.15) is 17.7 Å². The summed E-state index contributed by atoms with van der Waals surface area (Å²) in [4.78, 5) is 32.6. The van der Waals surface area contributed by atoms with Gasteiger partial charge in [-0.25, -0.2) is 4.98 Å². The summed E-state index contributed by atoms with van der Waals surface area (Å²) in [5.41, 5.74) is 1.09. The Kier molecular flexibility index (Phi) is 5.13. The zero-order chi connectivity index (χ0) is 17.8. The van der Waals surface area contributed by atoms with Gasteiger partial charge in [-0.15, -0.1) is 0 Å². The molecule has 0 aliphatic carbocycles. The molecule has 2 N–H and O–H groups in total. The van der Waals surface area contributed by atoms with E-state index in [-0.39, 0.29) is 17.9 Å². The first-order valence-electron chi connectivity index (χ1n) is 8.21. The second kappa shape index (κ2) is 7.47.